The van der Waals surface area contributed by atoms with Crippen molar-refractivity contribution in [1.29, 1.82) is 0 Å². The second-order valence-electron chi connectivity index (χ2n) is 5.50. The van der Waals surface area contributed by atoms with E-state index in [1.165, 1.54) is 0 Å². The maximum absolute atomic E-state index is 12.2. The van der Waals surface area contributed by atoms with E-state index in [-0.39, 0.29) is 24.9 Å². The van der Waals surface area contributed by atoms with Crippen molar-refractivity contribution in [3.05, 3.63) is 60.2 Å². The molecule has 0 saturated heterocycles. The van der Waals surface area contributed by atoms with E-state index in [0.717, 1.165) is 5.56 Å². The van der Waals surface area contributed by atoms with Gasteiger partial charge in [-0.2, -0.15) is 0 Å². The largest absolute Gasteiger partial charge is 0.497 e. The molecule has 0 aliphatic rings. The SMILES string of the molecule is CCOC(=O)CC(NC(=O)COc1ccccc1)c1ccc(OC)cc1. The van der Waals surface area contributed by atoms with Gasteiger partial charge in [0.1, 0.15) is 11.5 Å². The lowest BCUT2D eigenvalue weighted by Gasteiger charge is -2.19. The van der Waals surface area contributed by atoms with E-state index in [2.05, 4.69) is 5.32 Å². The Labute approximate surface area is 153 Å². The summed E-state index contributed by atoms with van der Waals surface area (Å²) in [6.07, 6.45) is 0.0389. The summed E-state index contributed by atoms with van der Waals surface area (Å²) in [6.45, 7) is 1.89. The predicted molar refractivity (Wildman–Crippen MR) is 97.1 cm³/mol. The summed E-state index contributed by atoms with van der Waals surface area (Å²) in [5.74, 6) is 0.605. The first-order chi connectivity index (χ1) is 12.6. The zero-order valence-corrected chi connectivity index (χ0v) is 14.9. The van der Waals surface area contributed by atoms with Gasteiger partial charge >= 0.3 is 5.97 Å². The van der Waals surface area contributed by atoms with E-state index in [0.29, 0.717) is 18.1 Å². The lowest BCUT2D eigenvalue weighted by Crippen LogP contribution is -2.34. The lowest BCUT2D eigenvalue weighted by molar-refractivity contribution is -0.143. The fourth-order valence-corrected chi connectivity index (χ4v) is 2.38. The first-order valence-electron chi connectivity index (χ1n) is 8.39. The molecule has 138 valence electrons. The Morgan fingerprint density at radius 1 is 1.00 bits per heavy atom. The van der Waals surface area contributed by atoms with Gasteiger partial charge in [0, 0.05) is 0 Å². The minimum atomic E-state index is -0.508. The van der Waals surface area contributed by atoms with Crippen LogP contribution in [0.5, 0.6) is 11.5 Å². The summed E-state index contributed by atoms with van der Waals surface area (Å²) >= 11 is 0. The molecule has 1 unspecified atom stereocenters. The van der Waals surface area contributed by atoms with E-state index in [1.54, 1.807) is 50.4 Å². The molecule has 2 aromatic carbocycles. The first-order valence-corrected chi connectivity index (χ1v) is 8.39. The molecule has 0 fully saturated rings. The number of hydrogen-bond acceptors (Lipinski definition) is 5. The second-order valence-corrected chi connectivity index (χ2v) is 5.50. The highest BCUT2D eigenvalue weighted by atomic mass is 16.5. The molecule has 0 aromatic heterocycles. The van der Waals surface area contributed by atoms with Crippen LogP contribution in [0.15, 0.2) is 54.6 Å². The van der Waals surface area contributed by atoms with Gasteiger partial charge in [-0.05, 0) is 36.8 Å². The van der Waals surface area contributed by atoms with Crippen molar-refractivity contribution in [2.45, 2.75) is 19.4 Å². The molecule has 0 radical (unpaired) electrons. The molecule has 0 heterocycles. The number of para-hydroxylation sites is 1. The maximum Gasteiger partial charge on any atom is 0.308 e. The number of rotatable bonds is 9. The molecule has 26 heavy (non-hydrogen) atoms. The minimum absolute atomic E-state index is 0.0389. The van der Waals surface area contributed by atoms with Gasteiger partial charge in [-0.15, -0.1) is 0 Å². The van der Waals surface area contributed by atoms with Crippen LogP contribution in [0.2, 0.25) is 0 Å². The quantitative estimate of drug-likeness (QED) is 0.699. The normalized spacial score (nSPS) is 11.3. The van der Waals surface area contributed by atoms with Crippen LogP contribution in [-0.4, -0.2) is 32.2 Å². The first kappa shape index (κ1) is 19.3. The fraction of sp³-hybridized carbons (Fsp3) is 0.300. The molecular weight excluding hydrogens is 334 g/mol. The van der Waals surface area contributed by atoms with Gasteiger partial charge in [0.2, 0.25) is 0 Å². The van der Waals surface area contributed by atoms with Crippen molar-refractivity contribution in [2.75, 3.05) is 20.3 Å². The van der Waals surface area contributed by atoms with Gasteiger partial charge in [-0.25, -0.2) is 0 Å². The summed E-state index contributed by atoms with van der Waals surface area (Å²) in [5, 5.41) is 2.82. The Morgan fingerprint density at radius 3 is 2.31 bits per heavy atom. The number of carbonyl (C=O) groups excluding carboxylic acids is 2. The minimum Gasteiger partial charge on any atom is -0.497 e. The number of methoxy groups -OCH3 is 1. The van der Waals surface area contributed by atoms with Crippen LogP contribution in [0, 0.1) is 0 Å². The molecular formula is C20H23NO5. The molecule has 2 aromatic rings. The van der Waals surface area contributed by atoms with Crippen molar-refractivity contribution < 1.29 is 23.8 Å². The number of esters is 1. The van der Waals surface area contributed by atoms with Crippen LogP contribution in [0.3, 0.4) is 0 Å². The zero-order valence-electron chi connectivity index (χ0n) is 14.9. The van der Waals surface area contributed by atoms with E-state index in [4.69, 9.17) is 14.2 Å². The number of hydrogen-bond donors (Lipinski definition) is 1. The van der Waals surface area contributed by atoms with E-state index >= 15 is 0 Å². The van der Waals surface area contributed by atoms with Crippen LogP contribution < -0.4 is 14.8 Å². The van der Waals surface area contributed by atoms with Crippen LogP contribution in [0.4, 0.5) is 0 Å². The number of nitrogens with one attached hydrogen (secondary N) is 1. The van der Waals surface area contributed by atoms with E-state index in [1.807, 2.05) is 18.2 Å². The van der Waals surface area contributed by atoms with Crippen molar-refractivity contribution >= 4 is 11.9 Å². The Morgan fingerprint density at radius 2 is 1.69 bits per heavy atom. The lowest BCUT2D eigenvalue weighted by atomic mass is 10.0. The van der Waals surface area contributed by atoms with Crippen LogP contribution in [-0.2, 0) is 14.3 Å². The van der Waals surface area contributed by atoms with E-state index < -0.39 is 6.04 Å². The van der Waals surface area contributed by atoms with Crippen LogP contribution in [0.1, 0.15) is 24.9 Å². The third-order valence-electron chi connectivity index (χ3n) is 3.64. The summed E-state index contributed by atoms with van der Waals surface area (Å²) in [4.78, 5) is 24.1. The number of carbonyl (C=O) groups is 2. The Bertz CT molecular complexity index is 700. The molecule has 6 nitrogen and oxygen atoms in total. The average molecular weight is 357 g/mol. The van der Waals surface area contributed by atoms with Gasteiger partial charge in [-0.3, -0.25) is 9.59 Å². The molecule has 6 heteroatoms. The Kier molecular flexibility index (Phi) is 7.49. The third-order valence-corrected chi connectivity index (χ3v) is 3.64. The number of amides is 1. The number of benzene rings is 2. The monoisotopic (exact) mass is 357 g/mol. The van der Waals surface area contributed by atoms with Gasteiger partial charge in [0.15, 0.2) is 6.61 Å². The van der Waals surface area contributed by atoms with E-state index in [9.17, 15) is 9.59 Å². The molecule has 1 atom stereocenters. The molecule has 0 saturated carbocycles. The molecule has 0 aliphatic heterocycles. The van der Waals surface area contributed by atoms with Crippen molar-refractivity contribution in [2.24, 2.45) is 0 Å². The Hall–Kier alpha value is -3.02. The molecule has 1 N–H and O–H groups in total. The highest BCUT2D eigenvalue weighted by Gasteiger charge is 2.19. The van der Waals surface area contributed by atoms with Gasteiger partial charge in [0.25, 0.3) is 5.91 Å². The Balaban J connectivity index is 2.02. The molecule has 0 bridgehead atoms. The maximum atomic E-state index is 12.2. The topological polar surface area (TPSA) is 73.9 Å². The molecule has 1 amide bonds. The molecule has 2 rings (SSSR count). The summed E-state index contributed by atoms with van der Waals surface area (Å²) < 4.78 is 15.6. The average Bonchev–Trinajstić information content (AvgIpc) is 2.67. The highest BCUT2D eigenvalue weighted by Crippen LogP contribution is 2.21. The smallest absolute Gasteiger partial charge is 0.308 e. The van der Waals surface area contributed by atoms with Crippen molar-refractivity contribution in [3.8, 4) is 11.5 Å². The van der Waals surface area contributed by atoms with Gasteiger partial charge in [-0.1, -0.05) is 30.3 Å². The second kappa shape index (κ2) is 10.1. The number of ether oxygens (including phenoxy) is 3. The third kappa shape index (κ3) is 6.12. The summed E-state index contributed by atoms with van der Waals surface area (Å²) in [7, 11) is 1.58. The predicted octanol–water partition coefficient (Wildman–Crippen LogP) is 2.88. The standard InChI is InChI=1S/C20H23NO5/c1-3-25-20(23)13-18(15-9-11-16(24-2)12-10-15)21-19(22)14-26-17-7-5-4-6-8-17/h4-12,18H,3,13-14H2,1-2H3,(H,21,22). The molecule has 0 spiro atoms. The van der Waals surface area contributed by atoms with Crippen LogP contribution >= 0.6 is 0 Å². The fourth-order valence-electron chi connectivity index (χ4n) is 2.38. The summed E-state index contributed by atoms with van der Waals surface area (Å²) in [6, 6.07) is 15.7. The highest BCUT2D eigenvalue weighted by molar-refractivity contribution is 5.79. The van der Waals surface area contributed by atoms with Gasteiger partial charge < -0.3 is 19.5 Å². The zero-order chi connectivity index (χ0) is 18.8. The van der Waals surface area contributed by atoms with Crippen molar-refractivity contribution in [1.82, 2.24) is 5.32 Å². The van der Waals surface area contributed by atoms with Crippen molar-refractivity contribution in [3.63, 3.8) is 0 Å². The molecule has 0 aliphatic carbocycles. The van der Waals surface area contributed by atoms with Crippen LogP contribution in [0.25, 0.3) is 0 Å². The van der Waals surface area contributed by atoms with Gasteiger partial charge in [0.05, 0.1) is 26.2 Å². The summed E-state index contributed by atoms with van der Waals surface area (Å²) in [5.41, 5.74) is 0.784.